The van der Waals surface area contributed by atoms with Crippen molar-refractivity contribution in [2.75, 3.05) is 20.3 Å². The van der Waals surface area contributed by atoms with Gasteiger partial charge in [0.25, 0.3) is 0 Å². The molecule has 0 radical (unpaired) electrons. The Kier molecular flexibility index (Phi) is 15.3. The Balaban J connectivity index is 1.87. The summed E-state index contributed by atoms with van der Waals surface area (Å²) in [4.78, 5) is 26.1. The smallest absolute Gasteiger partial charge is 0.408 e. The molecular formula is C36H46F3N3O7S. The lowest BCUT2D eigenvalue weighted by molar-refractivity contribution is -0.164. The van der Waals surface area contributed by atoms with E-state index < -0.39 is 65.3 Å². The zero-order valence-electron chi connectivity index (χ0n) is 28.3. The van der Waals surface area contributed by atoms with Gasteiger partial charge in [0.05, 0.1) is 25.2 Å². The topological polar surface area (TPSA) is 145 Å². The number of carbonyl (C=O) groups is 2. The highest BCUT2D eigenvalue weighted by molar-refractivity contribution is 7.89. The van der Waals surface area contributed by atoms with Gasteiger partial charge in [-0.25, -0.2) is 13.2 Å². The fourth-order valence-corrected chi connectivity index (χ4v) is 7.30. The van der Waals surface area contributed by atoms with Gasteiger partial charge in [-0.2, -0.15) is 17.5 Å². The molecule has 274 valence electrons. The Bertz CT molecular complexity index is 1550. The Morgan fingerprint density at radius 2 is 1.40 bits per heavy atom. The van der Waals surface area contributed by atoms with E-state index in [2.05, 4.69) is 10.6 Å². The predicted molar refractivity (Wildman–Crippen MR) is 182 cm³/mol. The number of nitrogens with one attached hydrogen (secondary N) is 2. The molecule has 50 heavy (non-hydrogen) atoms. The first-order valence-electron chi connectivity index (χ1n) is 16.4. The average molecular weight is 722 g/mol. The summed E-state index contributed by atoms with van der Waals surface area (Å²) in [6.45, 7) is 2.89. The van der Waals surface area contributed by atoms with Crippen molar-refractivity contribution in [1.82, 2.24) is 14.9 Å². The van der Waals surface area contributed by atoms with Gasteiger partial charge in [0.1, 0.15) is 12.1 Å². The van der Waals surface area contributed by atoms with Crippen LogP contribution in [-0.2, 0) is 26.2 Å². The molecule has 3 aromatic carbocycles. The van der Waals surface area contributed by atoms with Crippen molar-refractivity contribution in [1.29, 1.82) is 0 Å². The Hall–Kier alpha value is -3.98. The first-order chi connectivity index (χ1) is 23.7. The number of alkyl carbamates (subject to hydrolysis) is 1. The van der Waals surface area contributed by atoms with E-state index in [9.17, 15) is 41.4 Å². The summed E-state index contributed by atoms with van der Waals surface area (Å²) in [6, 6.07) is 17.8. The number of aliphatic hydroxyl groups excluding tert-OH is 2. The van der Waals surface area contributed by atoms with E-state index in [4.69, 9.17) is 4.74 Å². The normalized spacial score (nSPS) is 14.0. The van der Waals surface area contributed by atoms with Crippen LogP contribution < -0.4 is 10.6 Å². The molecule has 0 unspecified atom stereocenters. The van der Waals surface area contributed by atoms with Crippen LogP contribution in [0, 0.1) is 5.92 Å². The van der Waals surface area contributed by atoms with Gasteiger partial charge in [-0.15, -0.1) is 0 Å². The summed E-state index contributed by atoms with van der Waals surface area (Å²) in [5, 5.41) is 24.2. The minimum atomic E-state index is -4.90. The van der Waals surface area contributed by atoms with Gasteiger partial charge in [-0.1, -0.05) is 86.6 Å². The summed E-state index contributed by atoms with van der Waals surface area (Å²) in [6.07, 6.45) is -6.43. The van der Waals surface area contributed by atoms with Crippen molar-refractivity contribution in [3.8, 4) is 0 Å². The van der Waals surface area contributed by atoms with Crippen LogP contribution in [0.2, 0.25) is 0 Å². The zero-order valence-corrected chi connectivity index (χ0v) is 29.2. The first kappa shape index (κ1) is 40.4. The Labute approximate surface area is 291 Å². The van der Waals surface area contributed by atoms with Crippen LogP contribution in [0.3, 0.4) is 0 Å². The van der Waals surface area contributed by atoms with Crippen LogP contribution >= 0.6 is 0 Å². The van der Waals surface area contributed by atoms with E-state index in [1.54, 1.807) is 60.7 Å². The maximum absolute atomic E-state index is 14.5. The standard InChI is InChI=1S/C36H46F3N3O7S/c1-25(2)21-22-42(50(47,48)30-19-17-26(23-43)18-20-30)29(24-44)15-10-16-31(36(37,38)39)40-34(45)33(41-35(46)49-3)32(27-11-6-4-7-12-27)28-13-8-5-9-14-28/h4-9,11-14,17-20,25,29,31-33,43-44H,10,15-16,21-24H2,1-3H3,(H,40,45)(H,41,46)/t29-,31+,33-/m0/s1. The Morgan fingerprint density at radius 1 is 0.840 bits per heavy atom. The molecule has 0 aliphatic rings. The number of nitrogens with zero attached hydrogens (tertiary/aromatic N) is 1. The molecule has 0 aliphatic carbocycles. The number of hydrogen-bond acceptors (Lipinski definition) is 7. The second kappa shape index (κ2) is 18.9. The van der Waals surface area contributed by atoms with E-state index in [0.29, 0.717) is 23.1 Å². The molecule has 14 heteroatoms. The van der Waals surface area contributed by atoms with Gasteiger partial charge in [-0.3, -0.25) is 4.79 Å². The maximum Gasteiger partial charge on any atom is 0.408 e. The molecule has 0 fully saturated rings. The van der Waals surface area contributed by atoms with Crippen molar-refractivity contribution in [2.24, 2.45) is 5.92 Å². The van der Waals surface area contributed by atoms with Gasteiger partial charge in [0.2, 0.25) is 15.9 Å². The number of methoxy groups -OCH3 is 1. The number of aliphatic hydroxyl groups is 2. The van der Waals surface area contributed by atoms with Crippen molar-refractivity contribution in [2.45, 2.75) is 81.3 Å². The minimum absolute atomic E-state index is 0.0215. The monoisotopic (exact) mass is 721 g/mol. The van der Waals surface area contributed by atoms with Gasteiger partial charge >= 0.3 is 12.3 Å². The van der Waals surface area contributed by atoms with Gasteiger partial charge in [0, 0.05) is 18.5 Å². The van der Waals surface area contributed by atoms with Crippen molar-refractivity contribution >= 4 is 22.0 Å². The van der Waals surface area contributed by atoms with E-state index in [-0.39, 0.29) is 36.8 Å². The highest BCUT2D eigenvalue weighted by Crippen LogP contribution is 2.31. The third-order valence-electron chi connectivity index (χ3n) is 8.39. The third kappa shape index (κ3) is 11.3. The lowest BCUT2D eigenvalue weighted by atomic mass is 9.84. The maximum atomic E-state index is 14.5. The number of sulfonamides is 1. The fraction of sp³-hybridized carbons (Fsp3) is 0.444. The van der Waals surface area contributed by atoms with Crippen LogP contribution in [0.15, 0.2) is 89.8 Å². The molecule has 3 rings (SSSR count). The summed E-state index contributed by atoms with van der Waals surface area (Å²) >= 11 is 0. The molecule has 3 aromatic rings. The third-order valence-corrected chi connectivity index (χ3v) is 10.4. The van der Waals surface area contributed by atoms with Crippen LogP contribution in [0.25, 0.3) is 0 Å². The molecule has 0 saturated carbocycles. The van der Waals surface area contributed by atoms with E-state index in [0.717, 1.165) is 11.4 Å². The number of benzene rings is 3. The average Bonchev–Trinajstić information content (AvgIpc) is 3.10. The van der Waals surface area contributed by atoms with Crippen molar-refractivity contribution in [3.05, 3.63) is 102 Å². The number of hydrogen-bond donors (Lipinski definition) is 4. The molecular weight excluding hydrogens is 675 g/mol. The van der Waals surface area contributed by atoms with Crippen LogP contribution in [0.5, 0.6) is 0 Å². The summed E-state index contributed by atoms with van der Waals surface area (Å²) in [7, 11) is -3.09. The number of carbonyl (C=O) groups excluding carboxylic acids is 2. The first-order valence-corrected chi connectivity index (χ1v) is 17.8. The van der Waals surface area contributed by atoms with Crippen LogP contribution in [0.1, 0.15) is 62.1 Å². The zero-order chi connectivity index (χ0) is 36.9. The van der Waals surface area contributed by atoms with Crippen LogP contribution in [-0.4, -0.2) is 79.5 Å². The number of alkyl halides is 3. The summed E-state index contributed by atoms with van der Waals surface area (Å²) in [5.74, 6) is -1.88. The lowest BCUT2D eigenvalue weighted by Gasteiger charge is -2.32. The molecule has 2 amide bonds. The SMILES string of the molecule is COC(=O)N[C@H](C(=O)N[C@H](CCC[C@@H](CO)N(CCC(C)C)S(=O)(=O)c1ccc(CO)cc1)C(F)(F)F)C(c1ccccc1)c1ccccc1. The molecule has 0 spiro atoms. The lowest BCUT2D eigenvalue weighted by Crippen LogP contribution is -2.55. The highest BCUT2D eigenvalue weighted by atomic mass is 32.2. The number of ether oxygens (including phenoxy) is 1. The number of halogens is 3. The van der Waals surface area contributed by atoms with Gasteiger partial charge in [-0.05, 0) is 60.4 Å². The Morgan fingerprint density at radius 3 is 1.86 bits per heavy atom. The predicted octanol–water partition coefficient (Wildman–Crippen LogP) is 5.35. The minimum Gasteiger partial charge on any atom is -0.453 e. The molecule has 0 aliphatic heterocycles. The molecule has 0 bridgehead atoms. The molecule has 0 heterocycles. The highest BCUT2D eigenvalue weighted by Gasteiger charge is 2.43. The molecule has 0 saturated heterocycles. The van der Waals surface area contributed by atoms with Crippen LogP contribution in [0.4, 0.5) is 18.0 Å². The van der Waals surface area contributed by atoms with E-state index in [1.807, 2.05) is 13.8 Å². The quantitative estimate of drug-likeness (QED) is 0.139. The summed E-state index contributed by atoms with van der Waals surface area (Å²) in [5.41, 5.74) is 1.64. The molecule has 3 atom stereocenters. The van der Waals surface area contributed by atoms with Crippen molar-refractivity contribution in [3.63, 3.8) is 0 Å². The number of amides is 2. The number of rotatable bonds is 18. The van der Waals surface area contributed by atoms with E-state index >= 15 is 0 Å². The second-order valence-corrected chi connectivity index (χ2v) is 14.3. The molecule has 10 nitrogen and oxygen atoms in total. The van der Waals surface area contributed by atoms with Gasteiger partial charge < -0.3 is 25.6 Å². The summed E-state index contributed by atoms with van der Waals surface area (Å²) < 4.78 is 76.6. The molecule has 4 N–H and O–H groups in total. The fourth-order valence-electron chi connectivity index (χ4n) is 5.63. The molecule has 0 aromatic heterocycles. The van der Waals surface area contributed by atoms with Crippen molar-refractivity contribution < 1.29 is 46.1 Å². The van der Waals surface area contributed by atoms with Gasteiger partial charge in [0.15, 0.2) is 0 Å². The second-order valence-electron chi connectivity index (χ2n) is 12.4. The largest absolute Gasteiger partial charge is 0.453 e. The van der Waals surface area contributed by atoms with E-state index in [1.165, 1.54) is 24.3 Å².